The molecule has 3 atom stereocenters. The Bertz CT molecular complexity index is 282. The second kappa shape index (κ2) is 6.53. The molecule has 0 spiro atoms. The minimum Gasteiger partial charge on any atom is -0.354 e. The molecule has 104 valence electrons. The molecule has 0 saturated carbocycles. The third kappa shape index (κ3) is 3.69. The van der Waals surface area contributed by atoms with Crippen molar-refractivity contribution >= 4 is 5.91 Å². The van der Waals surface area contributed by atoms with E-state index in [4.69, 9.17) is 0 Å². The Morgan fingerprint density at radius 3 is 2.89 bits per heavy atom. The number of carbonyl (C=O) groups is 1. The van der Waals surface area contributed by atoms with Gasteiger partial charge in [-0.05, 0) is 51.2 Å². The van der Waals surface area contributed by atoms with Crippen LogP contribution in [0, 0.1) is 11.8 Å². The van der Waals surface area contributed by atoms with Gasteiger partial charge in [0.25, 0.3) is 0 Å². The zero-order valence-electron chi connectivity index (χ0n) is 11.7. The van der Waals surface area contributed by atoms with Crippen molar-refractivity contribution in [3.8, 4) is 0 Å². The molecule has 0 bridgehead atoms. The van der Waals surface area contributed by atoms with E-state index in [1.807, 2.05) is 0 Å². The zero-order valence-corrected chi connectivity index (χ0v) is 11.7. The number of nitrogens with one attached hydrogen (secondary N) is 2. The number of hydrogen-bond acceptors (Lipinski definition) is 3. The molecule has 0 radical (unpaired) electrons. The predicted molar refractivity (Wildman–Crippen MR) is 73.4 cm³/mol. The first kappa shape index (κ1) is 13.8. The van der Waals surface area contributed by atoms with Crippen LogP contribution in [0.5, 0.6) is 0 Å². The normalized spacial score (nSPS) is 33.6. The molecule has 2 aliphatic rings. The van der Waals surface area contributed by atoms with Gasteiger partial charge in [0.15, 0.2) is 0 Å². The highest BCUT2D eigenvalue weighted by molar-refractivity contribution is 5.81. The van der Waals surface area contributed by atoms with Crippen LogP contribution in [0.15, 0.2) is 0 Å². The molecule has 3 unspecified atom stereocenters. The molecule has 0 aliphatic carbocycles. The van der Waals surface area contributed by atoms with Crippen LogP contribution in [0.25, 0.3) is 0 Å². The van der Waals surface area contributed by atoms with Crippen LogP contribution in [-0.2, 0) is 4.79 Å². The molecule has 18 heavy (non-hydrogen) atoms. The van der Waals surface area contributed by atoms with Gasteiger partial charge in [-0.1, -0.05) is 13.3 Å². The lowest BCUT2D eigenvalue weighted by Gasteiger charge is -2.29. The van der Waals surface area contributed by atoms with Gasteiger partial charge in [-0.25, -0.2) is 0 Å². The largest absolute Gasteiger partial charge is 0.354 e. The number of piperidine rings is 1. The smallest absolute Gasteiger partial charge is 0.237 e. The van der Waals surface area contributed by atoms with Gasteiger partial charge in [-0.2, -0.15) is 0 Å². The second-order valence-corrected chi connectivity index (χ2v) is 5.97. The molecule has 1 amide bonds. The third-order valence-electron chi connectivity index (χ3n) is 4.46. The third-order valence-corrected chi connectivity index (χ3v) is 4.46. The van der Waals surface area contributed by atoms with Crippen molar-refractivity contribution in [1.29, 1.82) is 0 Å². The first-order chi connectivity index (χ1) is 8.69. The van der Waals surface area contributed by atoms with Crippen LogP contribution in [0.1, 0.15) is 32.6 Å². The highest BCUT2D eigenvalue weighted by Crippen LogP contribution is 2.19. The average Bonchev–Trinajstić information content (AvgIpc) is 2.82. The number of hydrogen-bond donors (Lipinski definition) is 2. The second-order valence-electron chi connectivity index (χ2n) is 5.97. The Morgan fingerprint density at radius 2 is 2.22 bits per heavy atom. The van der Waals surface area contributed by atoms with E-state index in [9.17, 15) is 4.79 Å². The summed E-state index contributed by atoms with van der Waals surface area (Å²) >= 11 is 0. The highest BCUT2D eigenvalue weighted by atomic mass is 16.2. The molecular weight excluding hydrogens is 226 g/mol. The van der Waals surface area contributed by atoms with E-state index >= 15 is 0 Å². The fourth-order valence-corrected chi connectivity index (χ4v) is 3.13. The van der Waals surface area contributed by atoms with E-state index < -0.39 is 0 Å². The summed E-state index contributed by atoms with van der Waals surface area (Å²) in [6.07, 6.45) is 4.63. The van der Waals surface area contributed by atoms with Crippen LogP contribution in [0.4, 0.5) is 0 Å². The number of amides is 1. The zero-order chi connectivity index (χ0) is 13.0. The van der Waals surface area contributed by atoms with E-state index in [1.165, 1.54) is 25.8 Å². The molecular formula is C14H27N3O. The van der Waals surface area contributed by atoms with Gasteiger partial charge < -0.3 is 15.5 Å². The molecule has 2 N–H and O–H groups in total. The van der Waals surface area contributed by atoms with Crippen molar-refractivity contribution in [1.82, 2.24) is 15.5 Å². The monoisotopic (exact) mass is 253 g/mol. The van der Waals surface area contributed by atoms with Gasteiger partial charge in [0.2, 0.25) is 5.91 Å². The summed E-state index contributed by atoms with van der Waals surface area (Å²) in [5.74, 6) is 1.58. The summed E-state index contributed by atoms with van der Waals surface area (Å²) in [6.45, 7) is 6.34. The molecule has 0 aromatic heterocycles. The maximum absolute atomic E-state index is 12.1. The van der Waals surface area contributed by atoms with E-state index in [1.54, 1.807) is 0 Å². The van der Waals surface area contributed by atoms with Gasteiger partial charge in [-0.15, -0.1) is 0 Å². The van der Waals surface area contributed by atoms with Crippen molar-refractivity contribution in [3.05, 3.63) is 0 Å². The first-order valence-corrected chi connectivity index (χ1v) is 7.38. The molecule has 2 heterocycles. The maximum atomic E-state index is 12.1. The minimum absolute atomic E-state index is 0.0443. The Morgan fingerprint density at radius 1 is 1.39 bits per heavy atom. The highest BCUT2D eigenvalue weighted by Gasteiger charge is 2.27. The molecule has 0 aromatic carbocycles. The lowest BCUT2D eigenvalue weighted by atomic mass is 9.90. The summed E-state index contributed by atoms with van der Waals surface area (Å²) in [6, 6.07) is 0.0443. The lowest BCUT2D eigenvalue weighted by Crippen LogP contribution is -2.49. The standard InChI is InChI=1S/C14H27N3O/c1-3-11-4-6-15-13(8-11)14(18)16-9-12-5-7-17(2)10-12/h11-13,15H,3-10H2,1-2H3,(H,16,18). The fourth-order valence-electron chi connectivity index (χ4n) is 3.13. The van der Waals surface area contributed by atoms with E-state index in [-0.39, 0.29) is 11.9 Å². The number of rotatable bonds is 4. The van der Waals surface area contributed by atoms with Crippen molar-refractivity contribution in [3.63, 3.8) is 0 Å². The Hall–Kier alpha value is -0.610. The molecule has 2 fully saturated rings. The first-order valence-electron chi connectivity index (χ1n) is 7.38. The maximum Gasteiger partial charge on any atom is 0.237 e. The molecule has 0 aromatic rings. The van der Waals surface area contributed by atoms with Gasteiger partial charge >= 0.3 is 0 Å². The van der Waals surface area contributed by atoms with Crippen LogP contribution >= 0.6 is 0 Å². The predicted octanol–water partition coefficient (Wildman–Crippen LogP) is 0.833. The molecule has 2 saturated heterocycles. The van der Waals surface area contributed by atoms with E-state index in [0.29, 0.717) is 5.92 Å². The number of carbonyl (C=O) groups excluding carboxylic acids is 1. The van der Waals surface area contributed by atoms with E-state index in [0.717, 1.165) is 32.0 Å². The fraction of sp³-hybridized carbons (Fsp3) is 0.929. The molecule has 2 aliphatic heterocycles. The van der Waals surface area contributed by atoms with Gasteiger partial charge in [-0.3, -0.25) is 4.79 Å². The van der Waals surface area contributed by atoms with Crippen LogP contribution in [0.2, 0.25) is 0 Å². The molecule has 4 heteroatoms. The van der Waals surface area contributed by atoms with Crippen molar-refractivity contribution < 1.29 is 4.79 Å². The summed E-state index contributed by atoms with van der Waals surface area (Å²) in [7, 11) is 2.15. The van der Waals surface area contributed by atoms with Crippen LogP contribution in [0.3, 0.4) is 0 Å². The summed E-state index contributed by atoms with van der Waals surface area (Å²) < 4.78 is 0. The Kier molecular flexibility index (Phi) is 5.01. The van der Waals surface area contributed by atoms with Crippen molar-refractivity contribution in [2.45, 2.75) is 38.6 Å². The van der Waals surface area contributed by atoms with Gasteiger partial charge in [0.05, 0.1) is 6.04 Å². The van der Waals surface area contributed by atoms with Crippen molar-refractivity contribution in [2.24, 2.45) is 11.8 Å². The van der Waals surface area contributed by atoms with Gasteiger partial charge in [0, 0.05) is 13.1 Å². The lowest BCUT2D eigenvalue weighted by molar-refractivity contribution is -0.124. The summed E-state index contributed by atoms with van der Waals surface area (Å²) in [5.41, 5.74) is 0. The molecule has 2 rings (SSSR count). The van der Waals surface area contributed by atoms with E-state index in [2.05, 4.69) is 29.5 Å². The van der Waals surface area contributed by atoms with Crippen molar-refractivity contribution in [2.75, 3.05) is 33.2 Å². The Labute approximate surface area is 110 Å². The summed E-state index contributed by atoms with van der Waals surface area (Å²) in [4.78, 5) is 14.4. The SMILES string of the molecule is CCC1CCNC(C(=O)NCC2CCN(C)C2)C1. The van der Waals surface area contributed by atoms with Gasteiger partial charge in [0.1, 0.15) is 0 Å². The number of nitrogens with zero attached hydrogens (tertiary/aromatic N) is 1. The molecule has 4 nitrogen and oxygen atoms in total. The van der Waals surface area contributed by atoms with Crippen LogP contribution in [-0.4, -0.2) is 50.1 Å². The average molecular weight is 253 g/mol. The Balaban J connectivity index is 1.70. The van der Waals surface area contributed by atoms with Crippen LogP contribution < -0.4 is 10.6 Å². The topological polar surface area (TPSA) is 44.4 Å². The summed E-state index contributed by atoms with van der Waals surface area (Å²) in [5, 5.41) is 6.48. The quantitative estimate of drug-likeness (QED) is 0.780. The minimum atomic E-state index is 0.0443. The number of likely N-dealkylation sites (tertiary alicyclic amines) is 1.